The van der Waals surface area contributed by atoms with Crippen LogP contribution in [0.2, 0.25) is 0 Å². The van der Waals surface area contributed by atoms with Gasteiger partial charge >= 0.3 is 5.97 Å². The average molecular weight is 409 g/mol. The Morgan fingerprint density at radius 3 is 2.20 bits per heavy atom. The number of carboxylic acids is 1. The lowest BCUT2D eigenvalue weighted by atomic mass is 9.33. The van der Waals surface area contributed by atoms with Crippen LogP contribution in [0.4, 0.5) is 5.69 Å². The van der Waals surface area contributed by atoms with Crippen LogP contribution in [0.3, 0.4) is 0 Å². The van der Waals surface area contributed by atoms with Gasteiger partial charge in [-0.25, -0.2) is 4.79 Å². The standard InChI is InChI=1S/C26H36N2O2/c1-24(2)9-8-20(22(14-24)26-16-25(3,17-26)18-26)15-27-10-12-28(13-11-27)21-6-4-19(5-7-21)23(29)30/h4-7H,8-18H2,1-3H3,(H,29,30). The third kappa shape index (κ3) is 3.47. The van der Waals surface area contributed by atoms with E-state index in [1.165, 1.54) is 38.5 Å². The minimum Gasteiger partial charge on any atom is -0.478 e. The Morgan fingerprint density at radius 2 is 1.63 bits per heavy atom. The van der Waals surface area contributed by atoms with Gasteiger partial charge < -0.3 is 10.0 Å². The highest BCUT2D eigenvalue weighted by Crippen LogP contribution is 2.77. The second-order valence-corrected chi connectivity index (χ2v) is 11.7. The van der Waals surface area contributed by atoms with Gasteiger partial charge in [-0.2, -0.15) is 0 Å². The van der Waals surface area contributed by atoms with Gasteiger partial charge in [-0.3, -0.25) is 4.90 Å². The highest BCUT2D eigenvalue weighted by atomic mass is 16.4. The molecule has 30 heavy (non-hydrogen) atoms. The smallest absolute Gasteiger partial charge is 0.335 e. The minimum atomic E-state index is -0.858. The zero-order valence-corrected chi connectivity index (χ0v) is 18.8. The summed E-state index contributed by atoms with van der Waals surface area (Å²) in [6.45, 7) is 12.8. The molecule has 2 bridgehead atoms. The summed E-state index contributed by atoms with van der Waals surface area (Å²) in [4.78, 5) is 16.1. The van der Waals surface area contributed by atoms with Crippen molar-refractivity contribution in [3.05, 3.63) is 41.0 Å². The molecule has 0 radical (unpaired) electrons. The fourth-order valence-corrected chi connectivity index (χ4v) is 6.93. The van der Waals surface area contributed by atoms with Crippen LogP contribution in [0.1, 0.15) is 69.7 Å². The first kappa shape index (κ1) is 20.1. The Balaban J connectivity index is 1.24. The zero-order chi connectivity index (χ0) is 21.1. The molecule has 4 fully saturated rings. The molecular formula is C26H36N2O2. The van der Waals surface area contributed by atoms with Crippen molar-refractivity contribution in [1.82, 2.24) is 4.90 Å². The minimum absolute atomic E-state index is 0.361. The highest BCUT2D eigenvalue weighted by molar-refractivity contribution is 5.88. The number of hydrogen-bond donors (Lipinski definition) is 1. The molecule has 0 amide bonds. The Morgan fingerprint density at radius 1 is 1.00 bits per heavy atom. The second kappa shape index (κ2) is 6.85. The number of hydrogen-bond acceptors (Lipinski definition) is 3. The van der Waals surface area contributed by atoms with Crippen molar-refractivity contribution in [1.29, 1.82) is 0 Å². The number of nitrogens with zero attached hydrogens (tertiary/aromatic N) is 2. The van der Waals surface area contributed by atoms with Gasteiger partial charge in [0.05, 0.1) is 5.56 Å². The lowest BCUT2D eigenvalue weighted by Gasteiger charge is -2.72. The summed E-state index contributed by atoms with van der Waals surface area (Å²) in [5, 5.41) is 9.10. The van der Waals surface area contributed by atoms with Crippen molar-refractivity contribution in [3.63, 3.8) is 0 Å². The summed E-state index contributed by atoms with van der Waals surface area (Å²) in [7, 11) is 0. The average Bonchev–Trinajstić information content (AvgIpc) is 2.67. The third-order valence-corrected chi connectivity index (χ3v) is 8.39. The predicted octanol–water partition coefficient (Wildman–Crippen LogP) is 5.20. The van der Waals surface area contributed by atoms with E-state index in [1.807, 2.05) is 17.7 Å². The van der Waals surface area contributed by atoms with Crippen LogP contribution in [-0.4, -0.2) is 48.7 Å². The SMILES string of the molecule is CC1(C)CCC(CN2CCN(c3ccc(C(=O)O)cc3)CC2)=C(C23CC(C)(C2)C3)C1. The van der Waals surface area contributed by atoms with E-state index in [0.29, 0.717) is 21.8 Å². The van der Waals surface area contributed by atoms with Gasteiger partial charge in [-0.1, -0.05) is 31.9 Å². The van der Waals surface area contributed by atoms with Gasteiger partial charge in [0, 0.05) is 38.4 Å². The summed E-state index contributed by atoms with van der Waals surface area (Å²) >= 11 is 0. The predicted molar refractivity (Wildman–Crippen MR) is 121 cm³/mol. The van der Waals surface area contributed by atoms with E-state index >= 15 is 0 Å². The Hall–Kier alpha value is -1.81. The highest BCUT2D eigenvalue weighted by Gasteiger charge is 2.66. The molecule has 0 atom stereocenters. The van der Waals surface area contributed by atoms with Crippen molar-refractivity contribution < 1.29 is 9.90 Å². The van der Waals surface area contributed by atoms with Crippen molar-refractivity contribution >= 4 is 11.7 Å². The molecule has 1 aromatic rings. The van der Waals surface area contributed by atoms with E-state index in [1.54, 1.807) is 17.7 Å². The Labute approximate surface area is 180 Å². The molecule has 6 rings (SSSR count). The fourth-order valence-electron chi connectivity index (χ4n) is 6.93. The molecule has 4 aliphatic carbocycles. The van der Waals surface area contributed by atoms with E-state index in [4.69, 9.17) is 5.11 Å². The molecule has 0 spiro atoms. The molecule has 1 aliphatic heterocycles. The largest absolute Gasteiger partial charge is 0.478 e. The lowest BCUT2D eigenvalue weighted by Crippen LogP contribution is -2.61. The molecule has 1 saturated heterocycles. The fraction of sp³-hybridized carbons (Fsp3) is 0.654. The zero-order valence-electron chi connectivity index (χ0n) is 18.8. The lowest BCUT2D eigenvalue weighted by molar-refractivity contribution is -0.167. The van der Waals surface area contributed by atoms with E-state index in [-0.39, 0.29) is 0 Å². The van der Waals surface area contributed by atoms with Crippen molar-refractivity contribution in [2.45, 2.75) is 59.3 Å². The number of anilines is 1. The molecule has 3 saturated carbocycles. The van der Waals surface area contributed by atoms with E-state index < -0.39 is 5.97 Å². The van der Waals surface area contributed by atoms with Crippen LogP contribution in [0, 0.1) is 16.2 Å². The molecular weight excluding hydrogens is 372 g/mol. The van der Waals surface area contributed by atoms with Crippen molar-refractivity contribution in [2.75, 3.05) is 37.6 Å². The molecule has 162 valence electrons. The molecule has 1 aromatic carbocycles. The van der Waals surface area contributed by atoms with Gasteiger partial charge in [-0.15, -0.1) is 0 Å². The monoisotopic (exact) mass is 408 g/mol. The van der Waals surface area contributed by atoms with Crippen LogP contribution in [0.25, 0.3) is 0 Å². The quantitative estimate of drug-likeness (QED) is 0.680. The van der Waals surface area contributed by atoms with Crippen LogP contribution in [0.15, 0.2) is 35.4 Å². The van der Waals surface area contributed by atoms with Crippen LogP contribution < -0.4 is 4.90 Å². The number of carbonyl (C=O) groups is 1. The van der Waals surface area contributed by atoms with Gasteiger partial charge in [0.2, 0.25) is 0 Å². The van der Waals surface area contributed by atoms with Crippen LogP contribution >= 0.6 is 0 Å². The van der Waals surface area contributed by atoms with Gasteiger partial charge in [0.1, 0.15) is 0 Å². The van der Waals surface area contributed by atoms with Crippen LogP contribution in [0.5, 0.6) is 0 Å². The summed E-state index contributed by atoms with van der Waals surface area (Å²) in [5.41, 5.74) is 6.84. The first-order valence-electron chi connectivity index (χ1n) is 11.7. The maximum atomic E-state index is 11.1. The maximum Gasteiger partial charge on any atom is 0.335 e. The molecule has 0 unspecified atom stereocenters. The second-order valence-electron chi connectivity index (χ2n) is 11.7. The van der Waals surface area contributed by atoms with Crippen LogP contribution in [-0.2, 0) is 0 Å². The molecule has 0 aromatic heterocycles. The molecule has 1 heterocycles. The molecule has 5 aliphatic rings. The number of aromatic carboxylic acids is 1. The first-order valence-corrected chi connectivity index (χ1v) is 11.7. The van der Waals surface area contributed by atoms with Crippen molar-refractivity contribution in [2.24, 2.45) is 16.2 Å². The van der Waals surface area contributed by atoms with E-state index in [9.17, 15) is 4.79 Å². The number of allylic oxidation sites excluding steroid dienone is 1. The summed E-state index contributed by atoms with van der Waals surface area (Å²) in [6, 6.07) is 7.34. The summed E-state index contributed by atoms with van der Waals surface area (Å²) < 4.78 is 0. The number of carboxylic acid groups (broad SMARTS) is 1. The third-order valence-electron chi connectivity index (χ3n) is 8.39. The molecule has 4 nitrogen and oxygen atoms in total. The summed E-state index contributed by atoms with van der Waals surface area (Å²) in [5.74, 6) is -0.858. The molecule has 4 heteroatoms. The summed E-state index contributed by atoms with van der Waals surface area (Å²) in [6.07, 6.45) is 8.25. The van der Waals surface area contributed by atoms with E-state index in [2.05, 4.69) is 30.6 Å². The number of piperazine rings is 1. The normalized spacial score (nSPS) is 33.1. The van der Waals surface area contributed by atoms with Crippen molar-refractivity contribution in [3.8, 4) is 0 Å². The molecule has 1 N–H and O–H groups in total. The van der Waals surface area contributed by atoms with Gasteiger partial charge in [0.25, 0.3) is 0 Å². The maximum absolute atomic E-state index is 11.1. The number of benzene rings is 1. The van der Waals surface area contributed by atoms with Gasteiger partial charge in [-0.05, 0) is 79.0 Å². The topological polar surface area (TPSA) is 43.8 Å². The van der Waals surface area contributed by atoms with Gasteiger partial charge in [0.15, 0.2) is 0 Å². The Bertz CT molecular complexity index is 855. The first-order chi connectivity index (χ1) is 14.2. The number of rotatable bonds is 5. The Kier molecular flexibility index (Phi) is 4.59. The van der Waals surface area contributed by atoms with E-state index in [0.717, 1.165) is 38.4 Å².